The Morgan fingerprint density at radius 2 is 2.21 bits per heavy atom. The van der Waals surface area contributed by atoms with Crippen LogP contribution in [0.15, 0.2) is 6.20 Å². The summed E-state index contributed by atoms with van der Waals surface area (Å²) in [5.74, 6) is -0.682. The van der Waals surface area contributed by atoms with Crippen LogP contribution in [0.5, 0.6) is 0 Å². The molecule has 3 N–H and O–H groups in total. The van der Waals surface area contributed by atoms with Gasteiger partial charge in [0.05, 0.1) is 5.01 Å². The summed E-state index contributed by atoms with van der Waals surface area (Å²) in [4.78, 5) is 27.1. The first-order valence-corrected chi connectivity index (χ1v) is 6.96. The van der Waals surface area contributed by atoms with Crippen molar-refractivity contribution in [1.29, 1.82) is 0 Å². The third-order valence-electron chi connectivity index (χ3n) is 2.48. The third kappa shape index (κ3) is 6.19. The molecule has 1 aromatic heterocycles. The molecule has 1 rings (SSSR count). The first kappa shape index (κ1) is 15.4. The lowest BCUT2D eigenvalue weighted by molar-refractivity contribution is -0.137. The number of amides is 2. The van der Waals surface area contributed by atoms with Crippen LogP contribution in [0.1, 0.15) is 35.6 Å². The van der Waals surface area contributed by atoms with Crippen molar-refractivity contribution in [2.45, 2.75) is 32.6 Å². The van der Waals surface area contributed by atoms with E-state index in [1.165, 1.54) is 0 Å². The highest BCUT2D eigenvalue weighted by molar-refractivity contribution is 7.11. The van der Waals surface area contributed by atoms with Gasteiger partial charge in [0.15, 0.2) is 0 Å². The minimum absolute atomic E-state index is 0.0646. The highest BCUT2D eigenvalue weighted by atomic mass is 32.1. The van der Waals surface area contributed by atoms with Crippen LogP contribution in [-0.2, 0) is 4.79 Å². The normalized spacial score (nSPS) is 11.9. The molecule has 0 radical (unpaired) electrons. The molecule has 1 unspecified atom stereocenters. The number of rotatable bonds is 7. The molecule has 0 saturated heterocycles. The Morgan fingerprint density at radius 3 is 2.79 bits per heavy atom. The zero-order chi connectivity index (χ0) is 14.3. The standard InChI is InChI=1S/C12H19N3O3S/c1-8(11-14-7-9(2)19-11)6-15-12(18)13-5-3-4-10(16)17/h7-8H,3-6H2,1-2H3,(H,16,17)(H2,13,15,18). The molecular weight excluding hydrogens is 266 g/mol. The van der Waals surface area contributed by atoms with Crippen LogP contribution in [0.4, 0.5) is 4.79 Å². The summed E-state index contributed by atoms with van der Waals surface area (Å²) in [6.45, 7) is 4.88. The molecular formula is C12H19N3O3S. The fourth-order valence-electron chi connectivity index (χ4n) is 1.44. The Labute approximate surface area is 116 Å². The number of carboxylic acids is 1. The van der Waals surface area contributed by atoms with E-state index in [1.54, 1.807) is 11.3 Å². The number of nitrogens with one attached hydrogen (secondary N) is 2. The largest absolute Gasteiger partial charge is 0.481 e. The Hall–Kier alpha value is -1.63. The maximum Gasteiger partial charge on any atom is 0.314 e. The third-order valence-corrected chi connectivity index (χ3v) is 3.63. The number of thiazole rings is 1. The molecule has 6 nitrogen and oxygen atoms in total. The first-order valence-electron chi connectivity index (χ1n) is 6.15. The quantitative estimate of drug-likeness (QED) is 0.665. The van der Waals surface area contributed by atoms with Gasteiger partial charge in [-0.2, -0.15) is 0 Å². The molecule has 0 aliphatic carbocycles. The summed E-state index contributed by atoms with van der Waals surface area (Å²) in [5.41, 5.74) is 0. The van der Waals surface area contributed by atoms with Crippen LogP contribution < -0.4 is 10.6 Å². The fraction of sp³-hybridized carbons (Fsp3) is 0.583. The van der Waals surface area contributed by atoms with Gasteiger partial charge in [-0.05, 0) is 13.3 Å². The molecule has 0 aliphatic rings. The topological polar surface area (TPSA) is 91.3 Å². The fourth-order valence-corrected chi connectivity index (χ4v) is 2.26. The van der Waals surface area contributed by atoms with Gasteiger partial charge < -0.3 is 15.7 Å². The van der Waals surface area contributed by atoms with Crippen LogP contribution >= 0.6 is 11.3 Å². The van der Waals surface area contributed by atoms with Crippen molar-refractivity contribution in [3.8, 4) is 0 Å². The Morgan fingerprint density at radius 1 is 1.47 bits per heavy atom. The average molecular weight is 285 g/mol. The van der Waals surface area contributed by atoms with Crippen molar-refractivity contribution >= 4 is 23.3 Å². The van der Waals surface area contributed by atoms with Crippen molar-refractivity contribution in [1.82, 2.24) is 15.6 Å². The first-order chi connectivity index (χ1) is 8.99. The molecule has 19 heavy (non-hydrogen) atoms. The molecule has 1 aromatic rings. The second-order valence-corrected chi connectivity index (χ2v) is 5.61. The van der Waals surface area contributed by atoms with E-state index in [9.17, 15) is 9.59 Å². The predicted molar refractivity (Wildman–Crippen MR) is 73.5 cm³/mol. The molecule has 1 atom stereocenters. The molecule has 106 valence electrons. The van der Waals surface area contributed by atoms with Crippen LogP contribution in [0.2, 0.25) is 0 Å². The highest BCUT2D eigenvalue weighted by Crippen LogP contribution is 2.20. The van der Waals surface area contributed by atoms with E-state index in [0.29, 0.717) is 19.5 Å². The van der Waals surface area contributed by atoms with Crippen molar-refractivity contribution in [2.24, 2.45) is 0 Å². The van der Waals surface area contributed by atoms with Gasteiger partial charge in [0.1, 0.15) is 0 Å². The van der Waals surface area contributed by atoms with Crippen LogP contribution in [0, 0.1) is 6.92 Å². The van der Waals surface area contributed by atoms with Crippen molar-refractivity contribution < 1.29 is 14.7 Å². The molecule has 1 heterocycles. The SMILES string of the molecule is Cc1cnc(C(C)CNC(=O)NCCCC(=O)O)s1. The van der Waals surface area contributed by atoms with E-state index in [0.717, 1.165) is 9.88 Å². The van der Waals surface area contributed by atoms with Gasteiger partial charge in [-0.15, -0.1) is 11.3 Å². The predicted octanol–water partition coefficient (Wildman–Crippen LogP) is 1.72. The number of carbonyl (C=O) groups is 2. The summed E-state index contributed by atoms with van der Waals surface area (Å²) < 4.78 is 0. The van der Waals surface area contributed by atoms with Gasteiger partial charge in [0.25, 0.3) is 0 Å². The van der Waals surface area contributed by atoms with E-state index >= 15 is 0 Å². The lowest BCUT2D eigenvalue weighted by atomic mass is 10.2. The number of urea groups is 1. The van der Waals surface area contributed by atoms with Gasteiger partial charge in [-0.1, -0.05) is 6.92 Å². The Balaban J connectivity index is 2.17. The Kier molecular flexibility index (Phi) is 6.27. The summed E-state index contributed by atoms with van der Waals surface area (Å²) in [5, 5.41) is 14.8. The van der Waals surface area contributed by atoms with Crippen LogP contribution in [0.3, 0.4) is 0 Å². The number of aryl methyl sites for hydroxylation is 1. The van der Waals surface area contributed by atoms with E-state index < -0.39 is 5.97 Å². The molecule has 0 spiro atoms. The zero-order valence-corrected chi connectivity index (χ0v) is 11.9. The highest BCUT2D eigenvalue weighted by Gasteiger charge is 2.10. The van der Waals surface area contributed by atoms with Crippen LogP contribution in [-0.4, -0.2) is 35.2 Å². The van der Waals surface area contributed by atoms with E-state index in [4.69, 9.17) is 5.11 Å². The van der Waals surface area contributed by atoms with E-state index in [-0.39, 0.29) is 18.4 Å². The maximum atomic E-state index is 11.4. The molecule has 7 heteroatoms. The van der Waals surface area contributed by atoms with Crippen molar-refractivity contribution in [2.75, 3.05) is 13.1 Å². The van der Waals surface area contributed by atoms with E-state index in [1.807, 2.05) is 20.0 Å². The van der Waals surface area contributed by atoms with Crippen molar-refractivity contribution in [3.05, 3.63) is 16.1 Å². The maximum absolute atomic E-state index is 11.4. The summed E-state index contributed by atoms with van der Waals surface area (Å²) >= 11 is 1.62. The molecule has 0 saturated carbocycles. The number of nitrogens with zero attached hydrogens (tertiary/aromatic N) is 1. The summed E-state index contributed by atoms with van der Waals surface area (Å²) in [6.07, 6.45) is 2.32. The molecule has 0 bridgehead atoms. The molecule has 0 aliphatic heterocycles. The molecule has 2 amide bonds. The number of carboxylic acid groups (broad SMARTS) is 1. The number of aliphatic carboxylic acids is 1. The van der Waals surface area contributed by atoms with Gasteiger partial charge in [-0.25, -0.2) is 9.78 Å². The molecule has 0 fully saturated rings. The number of aromatic nitrogens is 1. The number of hydrogen-bond acceptors (Lipinski definition) is 4. The molecule has 0 aromatic carbocycles. The monoisotopic (exact) mass is 285 g/mol. The zero-order valence-electron chi connectivity index (χ0n) is 11.1. The number of carbonyl (C=O) groups excluding carboxylic acids is 1. The van der Waals surface area contributed by atoms with Gasteiger partial charge in [0.2, 0.25) is 0 Å². The van der Waals surface area contributed by atoms with Crippen LogP contribution in [0.25, 0.3) is 0 Å². The van der Waals surface area contributed by atoms with E-state index in [2.05, 4.69) is 15.6 Å². The second-order valence-electron chi connectivity index (χ2n) is 4.34. The van der Waals surface area contributed by atoms with Gasteiger partial charge in [-0.3, -0.25) is 4.79 Å². The minimum atomic E-state index is -0.852. The summed E-state index contributed by atoms with van der Waals surface area (Å²) in [6, 6.07) is -0.273. The van der Waals surface area contributed by atoms with Gasteiger partial charge >= 0.3 is 12.0 Å². The van der Waals surface area contributed by atoms with Crippen molar-refractivity contribution in [3.63, 3.8) is 0 Å². The summed E-state index contributed by atoms with van der Waals surface area (Å²) in [7, 11) is 0. The average Bonchev–Trinajstić information content (AvgIpc) is 2.78. The van der Waals surface area contributed by atoms with Gasteiger partial charge in [0, 0.05) is 36.5 Å². The second kappa shape index (κ2) is 7.73. The lowest BCUT2D eigenvalue weighted by Gasteiger charge is -2.10. The number of hydrogen-bond donors (Lipinski definition) is 3. The minimum Gasteiger partial charge on any atom is -0.481 e. The Bertz CT molecular complexity index is 434. The lowest BCUT2D eigenvalue weighted by Crippen LogP contribution is -2.37. The smallest absolute Gasteiger partial charge is 0.314 e.